The molecule has 0 amide bonds. The van der Waals surface area contributed by atoms with Crippen LogP contribution in [0.3, 0.4) is 0 Å². The van der Waals surface area contributed by atoms with Crippen LogP contribution in [0.4, 0.5) is 0 Å². The van der Waals surface area contributed by atoms with Gasteiger partial charge in [-0.2, -0.15) is 0 Å². The standard InChI is InChI=1S/C13H16BrN/c1-9-6-7-11(14)8-12(9)13(15)10-4-2-3-5-10/h4,6-8,13H,2-3,5,15H2,1H3. The normalized spacial score (nSPS) is 17.7. The van der Waals surface area contributed by atoms with Crippen molar-refractivity contribution in [2.45, 2.75) is 32.2 Å². The Morgan fingerprint density at radius 1 is 1.40 bits per heavy atom. The summed E-state index contributed by atoms with van der Waals surface area (Å²) in [5.74, 6) is 0. The summed E-state index contributed by atoms with van der Waals surface area (Å²) in [5, 5.41) is 0. The molecule has 0 fully saturated rings. The maximum Gasteiger partial charge on any atom is 0.0513 e. The van der Waals surface area contributed by atoms with Gasteiger partial charge >= 0.3 is 0 Å². The van der Waals surface area contributed by atoms with E-state index in [0.717, 1.165) is 10.9 Å². The first-order valence-electron chi connectivity index (χ1n) is 5.39. The highest BCUT2D eigenvalue weighted by molar-refractivity contribution is 9.10. The summed E-state index contributed by atoms with van der Waals surface area (Å²) in [6, 6.07) is 6.41. The summed E-state index contributed by atoms with van der Waals surface area (Å²) < 4.78 is 1.11. The van der Waals surface area contributed by atoms with Crippen LogP contribution in [-0.4, -0.2) is 0 Å². The lowest BCUT2D eigenvalue weighted by Gasteiger charge is -2.16. The molecule has 2 heteroatoms. The zero-order valence-corrected chi connectivity index (χ0v) is 10.5. The first-order valence-corrected chi connectivity index (χ1v) is 6.18. The minimum Gasteiger partial charge on any atom is -0.321 e. The number of hydrogen-bond acceptors (Lipinski definition) is 1. The smallest absolute Gasteiger partial charge is 0.0513 e. The summed E-state index contributed by atoms with van der Waals surface area (Å²) in [5.41, 5.74) is 10.2. The Morgan fingerprint density at radius 2 is 2.20 bits per heavy atom. The van der Waals surface area contributed by atoms with E-state index < -0.39 is 0 Å². The summed E-state index contributed by atoms with van der Waals surface area (Å²) in [7, 11) is 0. The molecular formula is C13H16BrN. The van der Waals surface area contributed by atoms with Crippen molar-refractivity contribution in [3.63, 3.8) is 0 Å². The first kappa shape index (κ1) is 10.9. The van der Waals surface area contributed by atoms with Crippen LogP contribution in [0.1, 0.15) is 36.4 Å². The molecule has 0 saturated heterocycles. The first-order chi connectivity index (χ1) is 7.18. The molecule has 1 unspecified atom stereocenters. The molecule has 0 spiro atoms. The van der Waals surface area contributed by atoms with Crippen LogP contribution in [0.5, 0.6) is 0 Å². The minimum atomic E-state index is 0.0880. The lowest BCUT2D eigenvalue weighted by Crippen LogP contribution is -2.13. The van der Waals surface area contributed by atoms with Crippen LogP contribution in [0.15, 0.2) is 34.3 Å². The second kappa shape index (κ2) is 4.50. The van der Waals surface area contributed by atoms with Gasteiger partial charge in [-0.1, -0.05) is 33.6 Å². The van der Waals surface area contributed by atoms with E-state index in [1.165, 1.54) is 29.5 Å². The number of aryl methyl sites for hydroxylation is 1. The molecule has 80 valence electrons. The second-order valence-corrected chi connectivity index (χ2v) is 5.07. The van der Waals surface area contributed by atoms with Gasteiger partial charge in [0.15, 0.2) is 0 Å². The summed E-state index contributed by atoms with van der Waals surface area (Å²) in [6.07, 6.45) is 5.91. The molecule has 0 heterocycles. The van der Waals surface area contributed by atoms with Crippen LogP contribution < -0.4 is 5.73 Å². The van der Waals surface area contributed by atoms with Crippen LogP contribution in [0.2, 0.25) is 0 Å². The SMILES string of the molecule is Cc1ccc(Br)cc1C(N)C1=CCCC1. The predicted octanol–water partition coefficient (Wildman–Crippen LogP) is 3.87. The number of nitrogens with two attached hydrogens (primary N) is 1. The van der Waals surface area contributed by atoms with Gasteiger partial charge in [0, 0.05) is 4.47 Å². The zero-order valence-electron chi connectivity index (χ0n) is 8.96. The van der Waals surface area contributed by atoms with Crippen LogP contribution in [0, 0.1) is 6.92 Å². The lowest BCUT2D eigenvalue weighted by molar-refractivity contribution is 0.779. The Kier molecular flexibility index (Phi) is 3.27. The molecule has 1 aliphatic carbocycles. The van der Waals surface area contributed by atoms with Crippen molar-refractivity contribution in [2.75, 3.05) is 0 Å². The van der Waals surface area contributed by atoms with E-state index in [9.17, 15) is 0 Å². The van der Waals surface area contributed by atoms with E-state index in [2.05, 4.69) is 47.1 Å². The zero-order chi connectivity index (χ0) is 10.8. The van der Waals surface area contributed by atoms with E-state index in [0.29, 0.717) is 0 Å². The third kappa shape index (κ3) is 2.32. The van der Waals surface area contributed by atoms with Crippen LogP contribution in [0.25, 0.3) is 0 Å². The molecule has 1 aliphatic rings. The number of rotatable bonds is 2. The number of halogens is 1. The van der Waals surface area contributed by atoms with Gasteiger partial charge in [-0.05, 0) is 49.4 Å². The van der Waals surface area contributed by atoms with E-state index in [1.54, 1.807) is 0 Å². The highest BCUT2D eigenvalue weighted by Crippen LogP contribution is 2.31. The van der Waals surface area contributed by atoms with Crippen molar-refractivity contribution in [1.82, 2.24) is 0 Å². The highest BCUT2D eigenvalue weighted by atomic mass is 79.9. The van der Waals surface area contributed by atoms with Gasteiger partial charge in [-0.15, -0.1) is 0 Å². The Bertz CT molecular complexity index is 396. The predicted molar refractivity (Wildman–Crippen MR) is 67.7 cm³/mol. The fourth-order valence-electron chi connectivity index (χ4n) is 2.12. The van der Waals surface area contributed by atoms with Gasteiger partial charge in [-0.3, -0.25) is 0 Å². The maximum atomic E-state index is 6.28. The molecule has 1 nitrogen and oxygen atoms in total. The van der Waals surface area contributed by atoms with Crippen molar-refractivity contribution >= 4 is 15.9 Å². The quantitative estimate of drug-likeness (QED) is 0.808. The molecule has 2 N–H and O–H groups in total. The molecule has 15 heavy (non-hydrogen) atoms. The van der Waals surface area contributed by atoms with E-state index >= 15 is 0 Å². The largest absolute Gasteiger partial charge is 0.321 e. The summed E-state index contributed by atoms with van der Waals surface area (Å²) in [6.45, 7) is 2.12. The third-order valence-corrected chi connectivity index (χ3v) is 3.55. The van der Waals surface area contributed by atoms with Crippen molar-refractivity contribution in [3.05, 3.63) is 45.4 Å². The second-order valence-electron chi connectivity index (χ2n) is 4.15. The summed E-state index contributed by atoms with van der Waals surface area (Å²) >= 11 is 3.50. The van der Waals surface area contributed by atoms with Gasteiger partial charge in [0.05, 0.1) is 6.04 Å². The molecule has 0 saturated carbocycles. The van der Waals surface area contributed by atoms with Gasteiger partial charge in [0.25, 0.3) is 0 Å². The fraction of sp³-hybridized carbons (Fsp3) is 0.385. The maximum absolute atomic E-state index is 6.28. The summed E-state index contributed by atoms with van der Waals surface area (Å²) in [4.78, 5) is 0. The average Bonchev–Trinajstić information content (AvgIpc) is 2.74. The van der Waals surface area contributed by atoms with E-state index in [-0.39, 0.29) is 6.04 Å². The molecule has 0 aliphatic heterocycles. The molecule has 0 aromatic heterocycles. The number of allylic oxidation sites excluding steroid dienone is 1. The lowest BCUT2D eigenvalue weighted by atomic mass is 9.95. The van der Waals surface area contributed by atoms with Crippen molar-refractivity contribution in [3.8, 4) is 0 Å². The monoisotopic (exact) mass is 265 g/mol. The number of benzene rings is 1. The fourth-order valence-corrected chi connectivity index (χ4v) is 2.50. The van der Waals surface area contributed by atoms with Gasteiger partial charge < -0.3 is 5.73 Å². The Hall–Kier alpha value is -0.600. The molecule has 1 aromatic rings. The average molecular weight is 266 g/mol. The Labute approximate surface area is 99.5 Å². The van der Waals surface area contributed by atoms with Crippen molar-refractivity contribution in [1.29, 1.82) is 0 Å². The van der Waals surface area contributed by atoms with E-state index in [4.69, 9.17) is 5.73 Å². The minimum absolute atomic E-state index is 0.0880. The van der Waals surface area contributed by atoms with E-state index in [1.807, 2.05) is 0 Å². The van der Waals surface area contributed by atoms with Crippen LogP contribution >= 0.6 is 15.9 Å². The molecule has 0 radical (unpaired) electrons. The van der Waals surface area contributed by atoms with Gasteiger partial charge in [0.1, 0.15) is 0 Å². The molecule has 2 rings (SSSR count). The van der Waals surface area contributed by atoms with Crippen molar-refractivity contribution in [2.24, 2.45) is 5.73 Å². The molecule has 1 aromatic carbocycles. The molecule has 1 atom stereocenters. The number of hydrogen-bond donors (Lipinski definition) is 1. The molecular weight excluding hydrogens is 250 g/mol. The van der Waals surface area contributed by atoms with Crippen LogP contribution in [-0.2, 0) is 0 Å². The highest BCUT2D eigenvalue weighted by Gasteiger charge is 2.16. The Morgan fingerprint density at radius 3 is 2.87 bits per heavy atom. The van der Waals surface area contributed by atoms with Gasteiger partial charge in [0.2, 0.25) is 0 Å². The third-order valence-electron chi connectivity index (χ3n) is 3.05. The molecule has 0 bridgehead atoms. The van der Waals surface area contributed by atoms with Crippen molar-refractivity contribution < 1.29 is 0 Å². The van der Waals surface area contributed by atoms with Gasteiger partial charge in [-0.25, -0.2) is 0 Å². The topological polar surface area (TPSA) is 26.0 Å². The Balaban J connectivity index is 2.31.